The number of aliphatic imine (C=N–C) groups is 1. The Morgan fingerprint density at radius 2 is 1.64 bits per heavy atom. The van der Waals surface area contributed by atoms with E-state index in [0.717, 1.165) is 19.5 Å². The van der Waals surface area contributed by atoms with Crippen LogP contribution in [0.4, 0.5) is 13.2 Å². The number of nitrogens with one attached hydrogen (secondary N) is 2. The molecule has 1 aliphatic carbocycles. The van der Waals surface area contributed by atoms with E-state index in [4.69, 9.17) is 0 Å². The lowest BCUT2D eigenvalue weighted by Gasteiger charge is -2.31. The molecule has 1 aliphatic rings. The van der Waals surface area contributed by atoms with Gasteiger partial charge in [0.15, 0.2) is 5.96 Å². The highest BCUT2D eigenvalue weighted by molar-refractivity contribution is 5.79. The zero-order valence-electron chi connectivity index (χ0n) is 16.3. The van der Waals surface area contributed by atoms with E-state index in [9.17, 15) is 13.2 Å². The molecule has 0 heterocycles. The minimum Gasteiger partial charge on any atom is -0.356 e. The smallest absolute Gasteiger partial charge is 0.356 e. The van der Waals surface area contributed by atoms with E-state index in [1.54, 1.807) is 7.05 Å². The lowest BCUT2D eigenvalue weighted by Crippen LogP contribution is -2.46. The van der Waals surface area contributed by atoms with Gasteiger partial charge in [0.2, 0.25) is 0 Å². The maximum absolute atomic E-state index is 12.7. The largest absolute Gasteiger partial charge is 0.391 e. The summed E-state index contributed by atoms with van der Waals surface area (Å²) in [5, 5.41) is 6.55. The average Bonchev–Trinajstić information content (AvgIpc) is 2.52. The molecule has 148 valence electrons. The second-order valence-corrected chi connectivity index (χ2v) is 7.51. The average molecular weight is 365 g/mol. The number of nitrogens with zero attached hydrogens (tertiary/aromatic N) is 2. The molecule has 0 atom stereocenters. The van der Waals surface area contributed by atoms with Gasteiger partial charge in [-0.05, 0) is 59.8 Å². The van der Waals surface area contributed by atoms with E-state index in [-0.39, 0.29) is 18.9 Å². The van der Waals surface area contributed by atoms with Gasteiger partial charge in [-0.25, -0.2) is 0 Å². The molecule has 0 aromatic heterocycles. The summed E-state index contributed by atoms with van der Waals surface area (Å²) in [6, 6.07) is 1.11. The fourth-order valence-electron chi connectivity index (χ4n) is 3.53. The third kappa shape index (κ3) is 7.84. The summed E-state index contributed by atoms with van der Waals surface area (Å²) in [5.74, 6) is -0.449. The van der Waals surface area contributed by atoms with Gasteiger partial charge >= 0.3 is 6.18 Å². The van der Waals surface area contributed by atoms with Crippen LogP contribution in [0.25, 0.3) is 0 Å². The number of halogens is 3. The van der Waals surface area contributed by atoms with Crippen molar-refractivity contribution in [2.45, 2.75) is 84.1 Å². The van der Waals surface area contributed by atoms with Gasteiger partial charge in [-0.1, -0.05) is 0 Å². The van der Waals surface area contributed by atoms with Crippen LogP contribution in [0.15, 0.2) is 4.99 Å². The Labute approximate surface area is 150 Å². The van der Waals surface area contributed by atoms with Gasteiger partial charge in [0, 0.05) is 38.3 Å². The van der Waals surface area contributed by atoms with Gasteiger partial charge in [0.25, 0.3) is 0 Å². The van der Waals surface area contributed by atoms with Crippen molar-refractivity contribution in [3.05, 3.63) is 0 Å². The third-order valence-electron chi connectivity index (χ3n) is 4.97. The first-order valence-corrected chi connectivity index (χ1v) is 9.44. The Hall–Kier alpha value is -0.980. The molecule has 4 nitrogen and oxygen atoms in total. The topological polar surface area (TPSA) is 39.7 Å². The number of hydrogen-bond acceptors (Lipinski definition) is 2. The summed E-state index contributed by atoms with van der Waals surface area (Å²) >= 11 is 0. The van der Waals surface area contributed by atoms with Gasteiger partial charge in [0.1, 0.15) is 0 Å². The molecule has 1 saturated carbocycles. The molecular formula is C18H35F3N4. The zero-order valence-corrected chi connectivity index (χ0v) is 16.3. The number of alkyl halides is 3. The zero-order chi connectivity index (χ0) is 19.0. The predicted molar refractivity (Wildman–Crippen MR) is 97.9 cm³/mol. The normalized spacial score (nSPS) is 22.8. The molecular weight excluding hydrogens is 329 g/mol. The number of rotatable bonds is 7. The highest BCUT2D eigenvalue weighted by Gasteiger charge is 2.41. The number of hydrogen-bond donors (Lipinski definition) is 2. The summed E-state index contributed by atoms with van der Waals surface area (Å²) in [6.45, 7) is 10.6. The first-order valence-electron chi connectivity index (χ1n) is 9.44. The van der Waals surface area contributed by atoms with Crippen molar-refractivity contribution < 1.29 is 13.2 Å². The van der Waals surface area contributed by atoms with E-state index >= 15 is 0 Å². The molecule has 2 N–H and O–H groups in total. The van der Waals surface area contributed by atoms with Gasteiger partial charge in [-0.2, -0.15) is 13.2 Å². The van der Waals surface area contributed by atoms with Crippen molar-refractivity contribution in [2.24, 2.45) is 10.9 Å². The van der Waals surface area contributed by atoms with Gasteiger partial charge in [-0.3, -0.25) is 9.89 Å². The maximum Gasteiger partial charge on any atom is 0.391 e. The van der Waals surface area contributed by atoms with E-state index in [1.807, 2.05) is 0 Å². The van der Waals surface area contributed by atoms with Gasteiger partial charge < -0.3 is 10.6 Å². The van der Waals surface area contributed by atoms with E-state index in [2.05, 4.69) is 48.2 Å². The van der Waals surface area contributed by atoms with Crippen LogP contribution in [-0.2, 0) is 0 Å². The first-order chi connectivity index (χ1) is 11.6. The predicted octanol–water partition coefficient (Wildman–Crippen LogP) is 3.78. The molecule has 0 aliphatic heterocycles. The second-order valence-electron chi connectivity index (χ2n) is 7.51. The number of guanidine groups is 1. The Balaban J connectivity index is 2.30. The fourth-order valence-corrected chi connectivity index (χ4v) is 3.53. The Kier molecular flexibility index (Phi) is 9.03. The van der Waals surface area contributed by atoms with Crippen LogP contribution in [-0.4, -0.2) is 55.3 Å². The van der Waals surface area contributed by atoms with Crippen LogP contribution < -0.4 is 10.6 Å². The SMILES string of the molecule is CN=C(NCCCN(C(C)C)C(C)C)NC1CCC(C(F)(F)F)CC1. The van der Waals surface area contributed by atoms with Crippen LogP contribution >= 0.6 is 0 Å². The molecule has 0 unspecified atom stereocenters. The third-order valence-corrected chi connectivity index (χ3v) is 4.97. The summed E-state index contributed by atoms with van der Waals surface area (Å²) in [4.78, 5) is 6.64. The highest BCUT2D eigenvalue weighted by atomic mass is 19.4. The van der Waals surface area contributed by atoms with Crippen molar-refractivity contribution in [2.75, 3.05) is 20.1 Å². The summed E-state index contributed by atoms with van der Waals surface area (Å²) in [7, 11) is 1.70. The summed E-state index contributed by atoms with van der Waals surface area (Å²) in [6.07, 6.45) is -1.56. The Morgan fingerprint density at radius 3 is 2.08 bits per heavy atom. The molecule has 1 fully saturated rings. The van der Waals surface area contributed by atoms with Crippen LogP contribution in [0, 0.1) is 5.92 Å². The van der Waals surface area contributed by atoms with Crippen molar-refractivity contribution in [3.63, 3.8) is 0 Å². The molecule has 0 amide bonds. The van der Waals surface area contributed by atoms with Crippen LogP contribution in [0.1, 0.15) is 59.8 Å². The fraction of sp³-hybridized carbons (Fsp3) is 0.944. The quantitative estimate of drug-likeness (QED) is 0.410. The van der Waals surface area contributed by atoms with Crippen LogP contribution in [0.3, 0.4) is 0 Å². The molecule has 0 aromatic carbocycles. The highest BCUT2D eigenvalue weighted by Crippen LogP contribution is 2.37. The van der Waals surface area contributed by atoms with E-state index in [1.165, 1.54) is 0 Å². The molecule has 7 heteroatoms. The monoisotopic (exact) mass is 364 g/mol. The molecule has 0 saturated heterocycles. The molecule has 0 radical (unpaired) electrons. The first kappa shape index (κ1) is 22.1. The van der Waals surface area contributed by atoms with Gasteiger partial charge in [-0.15, -0.1) is 0 Å². The van der Waals surface area contributed by atoms with Crippen molar-refractivity contribution in [1.29, 1.82) is 0 Å². The summed E-state index contributed by atoms with van der Waals surface area (Å²) in [5.41, 5.74) is 0. The maximum atomic E-state index is 12.7. The lowest BCUT2D eigenvalue weighted by atomic mass is 9.85. The van der Waals surface area contributed by atoms with Crippen molar-refractivity contribution >= 4 is 5.96 Å². The van der Waals surface area contributed by atoms with Crippen molar-refractivity contribution in [3.8, 4) is 0 Å². The standard InChI is InChI=1S/C18H35F3N4/c1-13(2)25(14(3)4)12-6-11-23-17(22-5)24-16-9-7-15(8-10-16)18(19,20)21/h13-16H,6-12H2,1-5H3,(H2,22,23,24). The molecule has 0 spiro atoms. The molecule has 25 heavy (non-hydrogen) atoms. The van der Waals surface area contributed by atoms with Crippen LogP contribution in [0.5, 0.6) is 0 Å². The van der Waals surface area contributed by atoms with Crippen molar-refractivity contribution in [1.82, 2.24) is 15.5 Å². The minimum atomic E-state index is -4.05. The second kappa shape index (κ2) is 10.2. The Morgan fingerprint density at radius 1 is 1.08 bits per heavy atom. The van der Waals surface area contributed by atoms with Crippen LogP contribution in [0.2, 0.25) is 0 Å². The molecule has 0 aromatic rings. The molecule has 1 rings (SSSR count). The Bertz CT molecular complexity index is 392. The molecule has 0 bridgehead atoms. The van der Waals surface area contributed by atoms with Gasteiger partial charge in [0.05, 0.1) is 5.92 Å². The lowest BCUT2D eigenvalue weighted by molar-refractivity contribution is -0.182. The summed E-state index contributed by atoms with van der Waals surface area (Å²) < 4.78 is 38.2. The van der Waals surface area contributed by atoms with E-state index in [0.29, 0.717) is 30.9 Å². The minimum absolute atomic E-state index is 0.0765. The van der Waals surface area contributed by atoms with E-state index < -0.39 is 12.1 Å².